The Morgan fingerprint density at radius 1 is 1.04 bits per heavy atom. The molecule has 1 unspecified atom stereocenters. The zero-order valence-corrected chi connectivity index (χ0v) is 13.6. The lowest BCUT2D eigenvalue weighted by atomic mass is 9.80. The first-order valence-corrected chi connectivity index (χ1v) is 8.17. The molecule has 1 aromatic heterocycles. The molecule has 6 heteroatoms. The predicted molar refractivity (Wildman–Crippen MR) is 94.5 cm³/mol. The Kier molecular flexibility index (Phi) is 3.03. The summed E-state index contributed by atoms with van der Waals surface area (Å²) in [4.78, 5) is 8.66. The fourth-order valence-corrected chi connectivity index (χ4v) is 3.60. The van der Waals surface area contributed by atoms with Crippen molar-refractivity contribution in [1.29, 1.82) is 0 Å². The van der Waals surface area contributed by atoms with Gasteiger partial charge in [0.05, 0.1) is 5.56 Å². The summed E-state index contributed by atoms with van der Waals surface area (Å²) in [6.45, 7) is 0.125. The molecular formula is C20H14FN3O2. The van der Waals surface area contributed by atoms with Crippen molar-refractivity contribution in [3.8, 4) is 22.6 Å². The molecule has 5 rings (SSSR count). The first-order chi connectivity index (χ1) is 12.7. The van der Waals surface area contributed by atoms with E-state index in [-0.39, 0.29) is 12.6 Å². The van der Waals surface area contributed by atoms with Crippen LogP contribution < -0.4 is 10.5 Å². The highest BCUT2D eigenvalue weighted by Crippen LogP contribution is 2.52. The molecule has 3 aromatic rings. The number of halogens is 1. The Morgan fingerprint density at radius 2 is 1.96 bits per heavy atom. The van der Waals surface area contributed by atoms with Gasteiger partial charge in [-0.1, -0.05) is 18.2 Å². The van der Waals surface area contributed by atoms with Crippen molar-refractivity contribution in [3.05, 3.63) is 77.9 Å². The van der Waals surface area contributed by atoms with Gasteiger partial charge in [0.2, 0.25) is 0 Å². The number of fused-ring (bicyclic) bond motifs is 4. The SMILES string of the molecule is NC1=NC2(CO1)c1cc(-c3cccnc3)ccc1Oc1cccc(F)c12. The molecule has 2 aliphatic heterocycles. The standard InChI is InChI=1S/C20H14FN3O2/c21-15-4-1-5-17-18(15)20(11-25-19(22)24-20)14-9-12(6-7-16(14)26-17)13-3-2-8-23-10-13/h1-10H,11H2,(H2,22,24). The summed E-state index contributed by atoms with van der Waals surface area (Å²) in [5.74, 6) is 0.633. The Bertz CT molecular complexity index is 1050. The highest BCUT2D eigenvalue weighted by atomic mass is 19.1. The largest absolute Gasteiger partial charge is 0.462 e. The van der Waals surface area contributed by atoms with Crippen LogP contribution in [0.1, 0.15) is 11.1 Å². The third-order valence-corrected chi connectivity index (χ3v) is 4.76. The van der Waals surface area contributed by atoms with E-state index < -0.39 is 11.4 Å². The smallest absolute Gasteiger partial charge is 0.283 e. The van der Waals surface area contributed by atoms with Crippen LogP contribution in [-0.2, 0) is 10.3 Å². The van der Waals surface area contributed by atoms with Crippen LogP contribution in [0.3, 0.4) is 0 Å². The lowest BCUT2D eigenvalue weighted by Gasteiger charge is -2.33. The number of nitrogens with two attached hydrogens (primary N) is 1. The molecule has 0 radical (unpaired) electrons. The molecule has 0 saturated carbocycles. The van der Waals surface area contributed by atoms with Gasteiger partial charge in [0.25, 0.3) is 6.02 Å². The summed E-state index contributed by atoms with van der Waals surface area (Å²) in [6, 6.07) is 14.3. The summed E-state index contributed by atoms with van der Waals surface area (Å²) < 4.78 is 26.2. The van der Waals surface area contributed by atoms with Crippen LogP contribution in [0.4, 0.5) is 4.39 Å². The van der Waals surface area contributed by atoms with Crippen LogP contribution in [0, 0.1) is 5.82 Å². The molecule has 2 aromatic carbocycles. The molecule has 0 saturated heterocycles. The van der Waals surface area contributed by atoms with E-state index in [2.05, 4.69) is 9.98 Å². The highest BCUT2D eigenvalue weighted by Gasteiger charge is 2.48. The number of ether oxygens (including phenoxy) is 2. The minimum atomic E-state index is -1.06. The van der Waals surface area contributed by atoms with Gasteiger partial charge >= 0.3 is 0 Å². The summed E-state index contributed by atoms with van der Waals surface area (Å²) in [6.07, 6.45) is 3.49. The predicted octanol–water partition coefficient (Wildman–Crippen LogP) is 3.58. The van der Waals surface area contributed by atoms with E-state index in [4.69, 9.17) is 15.2 Å². The Balaban J connectivity index is 1.78. The van der Waals surface area contributed by atoms with E-state index in [9.17, 15) is 4.39 Å². The van der Waals surface area contributed by atoms with E-state index in [1.54, 1.807) is 24.5 Å². The Morgan fingerprint density at radius 3 is 2.73 bits per heavy atom. The number of nitrogens with zero attached hydrogens (tertiary/aromatic N) is 2. The topological polar surface area (TPSA) is 69.7 Å². The van der Waals surface area contributed by atoms with Crippen LogP contribution in [0.15, 0.2) is 65.9 Å². The van der Waals surface area contributed by atoms with Crippen molar-refractivity contribution < 1.29 is 13.9 Å². The van der Waals surface area contributed by atoms with E-state index in [0.717, 1.165) is 16.7 Å². The average molecular weight is 347 g/mol. The molecule has 3 heterocycles. The fourth-order valence-electron chi connectivity index (χ4n) is 3.60. The number of rotatable bonds is 1. The van der Waals surface area contributed by atoms with Crippen LogP contribution in [0.25, 0.3) is 11.1 Å². The van der Waals surface area contributed by atoms with Crippen molar-refractivity contribution in [2.24, 2.45) is 10.7 Å². The third kappa shape index (κ3) is 2.02. The summed E-state index contributed by atoms with van der Waals surface area (Å²) in [7, 11) is 0. The van der Waals surface area contributed by atoms with Gasteiger partial charge in [-0.15, -0.1) is 0 Å². The number of aliphatic imine (C=N–C) groups is 1. The molecule has 26 heavy (non-hydrogen) atoms. The first kappa shape index (κ1) is 14.9. The number of hydrogen-bond donors (Lipinski definition) is 1. The van der Waals surface area contributed by atoms with E-state index in [1.807, 2.05) is 30.3 Å². The molecule has 0 bridgehead atoms. The van der Waals surface area contributed by atoms with Gasteiger partial charge in [0, 0.05) is 23.5 Å². The Labute approximate surface area is 148 Å². The van der Waals surface area contributed by atoms with Gasteiger partial charge in [-0.2, -0.15) is 0 Å². The van der Waals surface area contributed by atoms with Crippen molar-refractivity contribution in [2.45, 2.75) is 5.54 Å². The van der Waals surface area contributed by atoms with Crippen molar-refractivity contribution >= 4 is 6.02 Å². The molecule has 1 atom stereocenters. The molecule has 2 aliphatic rings. The second-order valence-electron chi connectivity index (χ2n) is 6.27. The summed E-state index contributed by atoms with van der Waals surface area (Å²) in [5.41, 5.74) is 7.69. The monoisotopic (exact) mass is 347 g/mol. The summed E-state index contributed by atoms with van der Waals surface area (Å²) >= 11 is 0. The van der Waals surface area contributed by atoms with Gasteiger partial charge in [0.1, 0.15) is 23.9 Å². The van der Waals surface area contributed by atoms with Crippen molar-refractivity contribution in [1.82, 2.24) is 4.98 Å². The maximum absolute atomic E-state index is 14.8. The number of benzene rings is 2. The molecule has 0 aliphatic carbocycles. The molecule has 2 N–H and O–H groups in total. The first-order valence-electron chi connectivity index (χ1n) is 8.17. The quantitative estimate of drug-likeness (QED) is 0.730. The van der Waals surface area contributed by atoms with Crippen LogP contribution >= 0.6 is 0 Å². The second kappa shape index (κ2) is 5.29. The number of hydrogen-bond acceptors (Lipinski definition) is 5. The van der Waals surface area contributed by atoms with E-state index in [0.29, 0.717) is 17.1 Å². The summed E-state index contributed by atoms with van der Waals surface area (Å²) in [5, 5.41) is 0. The van der Waals surface area contributed by atoms with Gasteiger partial charge < -0.3 is 15.2 Å². The maximum Gasteiger partial charge on any atom is 0.283 e. The lowest BCUT2D eigenvalue weighted by Crippen LogP contribution is -2.32. The number of aromatic nitrogens is 1. The molecule has 0 fully saturated rings. The van der Waals surface area contributed by atoms with Crippen molar-refractivity contribution in [2.75, 3.05) is 6.61 Å². The Hall–Kier alpha value is -3.41. The second-order valence-corrected chi connectivity index (χ2v) is 6.27. The zero-order chi connectivity index (χ0) is 17.7. The van der Waals surface area contributed by atoms with Crippen LogP contribution in [0.5, 0.6) is 11.5 Å². The lowest BCUT2D eigenvalue weighted by molar-refractivity contribution is 0.259. The molecule has 1 spiro atoms. The average Bonchev–Trinajstić information content (AvgIpc) is 3.04. The normalized spacial score (nSPS) is 20.0. The highest BCUT2D eigenvalue weighted by molar-refractivity contribution is 5.77. The molecular weight excluding hydrogens is 333 g/mol. The van der Waals surface area contributed by atoms with Gasteiger partial charge in [0.15, 0.2) is 5.54 Å². The molecule has 128 valence electrons. The number of pyridine rings is 1. The van der Waals surface area contributed by atoms with Gasteiger partial charge in [-0.3, -0.25) is 4.98 Å². The van der Waals surface area contributed by atoms with Crippen LogP contribution in [0.2, 0.25) is 0 Å². The fraction of sp³-hybridized carbons (Fsp3) is 0.100. The molecule has 5 nitrogen and oxygen atoms in total. The van der Waals surface area contributed by atoms with E-state index >= 15 is 0 Å². The molecule has 0 amide bonds. The van der Waals surface area contributed by atoms with Crippen LogP contribution in [-0.4, -0.2) is 17.6 Å². The third-order valence-electron chi connectivity index (χ3n) is 4.76. The van der Waals surface area contributed by atoms with Crippen molar-refractivity contribution in [3.63, 3.8) is 0 Å². The number of amidine groups is 1. The van der Waals surface area contributed by atoms with Gasteiger partial charge in [-0.05, 0) is 35.9 Å². The minimum Gasteiger partial charge on any atom is -0.462 e. The van der Waals surface area contributed by atoms with E-state index in [1.165, 1.54) is 6.07 Å². The van der Waals surface area contributed by atoms with Gasteiger partial charge in [-0.25, -0.2) is 9.38 Å². The maximum atomic E-state index is 14.8. The minimum absolute atomic E-state index is 0.0406. The zero-order valence-electron chi connectivity index (χ0n) is 13.6.